The second-order valence-corrected chi connectivity index (χ2v) is 8.37. The summed E-state index contributed by atoms with van der Waals surface area (Å²) in [5.41, 5.74) is -1.53. The molecule has 36 heavy (non-hydrogen) atoms. The molecule has 0 saturated heterocycles. The molecule has 0 aromatic heterocycles. The summed E-state index contributed by atoms with van der Waals surface area (Å²) in [6, 6.07) is 10.2. The molecular formula is C25H20F3N3O5. The third kappa shape index (κ3) is 2.92. The Morgan fingerprint density at radius 1 is 1.03 bits per heavy atom. The maximum absolute atomic E-state index is 14.2. The van der Waals surface area contributed by atoms with E-state index >= 15 is 0 Å². The molecule has 2 atom stereocenters. The van der Waals surface area contributed by atoms with Gasteiger partial charge in [0.1, 0.15) is 5.71 Å². The first-order chi connectivity index (χ1) is 17.1. The minimum absolute atomic E-state index is 0.0357. The molecule has 3 aliphatic heterocycles. The Hall–Kier alpha value is -3.99. The fraction of sp³-hybridized carbons (Fsp3) is 0.280. The Morgan fingerprint density at radius 2 is 1.67 bits per heavy atom. The van der Waals surface area contributed by atoms with Gasteiger partial charge in [-0.3, -0.25) is 9.69 Å². The molecule has 186 valence electrons. The lowest BCUT2D eigenvalue weighted by atomic mass is 9.78. The van der Waals surface area contributed by atoms with E-state index in [2.05, 4.69) is 5.10 Å². The first-order valence-corrected chi connectivity index (χ1v) is 11.0. The van der Waals surface area contributed by atoms with Crippen molar-refractivity contribution in [2.75, 3.05) is 25.8 Å². The van der Waals surface area contributed by atoms with E-state index in [-0.39, 0.29) is 29.1 Å². The average Bonchev–Trinajstić information content (AvgIpc) is 3.32. The van der Waals surface area contributed by atoms with Crippen LogP contribution in [0.15, 0.2) is 64.8 Å². The van der Waals surface area contributed by atoms with Gasteiger partial charge in [-0.1, -0.05) is 31.2 Å². The van der Waals surface area contributed by atoms with Crippen LogP contribution < -0.4 is 5.01 Å². The van der Waals surface area contributed by atoms with Gasteiger partial charge in [0.05, 0.1) is 42.7 Å². The minimum Gasteiger partial charge on any atom is -0.466 e. The number of esters is 2. The van der Waals surface area contributed by atoms with E-state index in [9.17, 15) is 27.6 Å². The smallest absolute Gasteiger partial charge is 0.416 e. The number of nitrogens with zero attached hydrogens (tertiary/aromatic N) is 3. The Bertz CT molecular complexity index is 1370. The topological polar surface area (TPSA) is 88.5 Å². The van der Waals surface area contributed by atoms with E-state index in [1.54, 1.807) is 36.1 Å². The second-order valence-electron chi connectivity index (χ2n) is 8.37. The van der Waals surface area contributed by atoms with Crippen molar-refractivity contribution in [1.82, 2.24) is 4.90 Å². The van der Waals surface area contributed by atoms with Crippen LogP contribution in [0.3, 0.4) is 0 Å². The number of hydrazone groups is 1. The van der Waals surface area contributed by atoms with E-state index in [1.165, 1.54) is 7.11 Å². The SMILES string of the molecule is CCN1[C@H]2C(C(=O)OC)=C(C(=O)OC)[C@@]13C(=O)N(c1ccc(C(F)(F)F)cc1)N=C3c1ccccc12. The maximum atomic E-state index is 14.2. The zero-order chi connectivity index (χ0) is 26.0. The van der Waals surface area contributed by atoms with E-state index < -0.39 is 41.2 Å². The molecule has 0 N–H and O–H groups in total. The monoisotopic (exact) mass is 499 g/mol. The zero-order valence-corrected chi connectivity index (χ0v) is 19.4. The van der Waals surface area contributed by atoms with Crippen LogP contribution in [0.4, 0.5) is 18.9 Å². The summed E-state index contributed by atoms with van der Waals surface area (Å²) in [7, 11) is 2.31. The number of anilines is 1. The molecule has 0 aliphatic carbocycles. The molecule has 8 nitrogen and oxygen atoms in total. The van der Waals surface area contributed by atoms with Gasteiger partial charge in [-0.15, -0.1) is 0 Å². The summed E-state index contributed by atoms with van der Waals surface area (Å²) < 4.78 is 49.4. The van der Waals surface area contributed by atoms with Gasteiger partial charge in [-0.2, -0.15) is 23.3 Å². The molecule has 2 bridgehead atoms. The number of likely N-dealkylation sites (N-methyl/N-ethyl adjacent to an activating group) is 1. The normalized spacial score (nSPS) is 22.8. The van der Waals surface area contributed by atoms with Crippen LogP contribution in [-0.2, 0) is 30.0 Å². The van der Waals surface area contributed by atoms with Crippen LogP contribution in [0.2, 0.25) is 0 Å². The van der Waals surface area contributed by atoms with Crippen molar-refractivity contribution in [1.29, 1.82) is 0 Å². The summed E-state index contributed by atoms with van der Waals surface area (Å²) in [4.78, 5) is 42.2. The van der Waals surface area contributed by atoms with Crippen LogP contribution >= 0.6 is 0 Å². The number of amides is 1. The average molecular weight is 499 g/mol. The number of carbonyl (C=O) groups is 3. The van der Waals surface area contributed by atoms with Crippen molar-refractivity contribution in [3.8, 4) is 0 Å². The largest absolute Gasteiger partial charge is 0.466 e. The van der Waals surface area contributed by atoms with Crippen molar-refractivity contribution >= 4 is 29.2 Å². The number of alkyl halides is 3. The van der Waals surface area contributed by atoms with Crippen LogP contribution in [-0.4, -0.2) is 54.8 Å². The molecule has 1 spiro atoms. The summed E-state index contributed by atoms with van der Waals surface area (Å²) in [5, 5.41) is 5.51. The molecule has 5 rings (SSSR count). The molecule has 2 aromatic carbocycles. The second kappa shape index (κ2) is 8.02. The van der Waals surface area contributed by atoms with Crippen LogP contribution in [0.25, 0.3) is 0 Å². The van der Waals surface area contributed by atoms with Gasteiger partial charge < -0.3 is 9.47 Å². The summed E-state index contributed by atoms with van der Waals surface area (Å²) in [5.74, 6) is -2.41. The van der Waals surface area contributed by atoms with Gasteiger partial charge in [0, 0.05) is 5.56 Å². The Kier molecular flexibility index (Phi) is 5.29. The fourth-order valence-corrected chi connectivity index (χ4v) is 5.37. The lowest BCUT2D eigenvalue weighted by molar-refractivity contribution is -0.140. The molecule has 1 amide bonds. The standard InChI is InChI=1S/C25H20F3N3O5/c1-4-30-19-15-7-5-6-8-16(15)20-24(30,18(22(33)36-3)17(19)21(32)35-2)23(34)31(29-20)14-11-9-13(10-12-14)25(26,27)28/h5-12,19H,4H2,1-3H3/t19-,24-/m1/s1. The molecule has 3 heterocycles. The van der Waals surface area contributed by atoms with Gasteiger partial charge in [-0.25, -0.2) is 9.59 Å². The Morgan fingerprint density at radius 3 is 2.25 bits per heavy atom. The number of fused-ring (bicyclic) bond motifs is 4. The zero-order valence-electron chi connectivity index (χ0n) is 19.4. The lowest BCUT2D eigenvalue weighted by Crippen LogP contribution is -2.62. The van der Waals surface area contributed by atoms with Crippen LogP contribution in [0.5, 0.6) is 0 Å². The molecule has 0 unspecified atom stereocenters. The number of ether oxygens (including phenoxy) is 2. The molecule has 3 aliphatic rings. The van der Waals surface area contributed by atoms with Crippen molar-refractivity contribution in [3.63, 3.8) is 0 Å². The lowest BCUT2D eigenvalue weighted by Gasteiger charge is -2.42. The van der Waals surface area contributed by atoms with Gasteiger partial charge in [-0.05, 0) is 36.4 Å². The minimum atomic E-state index is -4.56. The van der Waals surface area contributed by atoms with Gasteiger partial charge >= 0.3 is 18.1 Å². The number of hydrogen-bond acceptors (Lipinski definition) is 7. The Balaban J connectivity index is 1.80. The molecule has 0 fully saturated rings. The van der Waals surface area contributed by atoms with E-state index in [0.29, 0.717) is 11.1 Å². The summed E-state index contributed by atoms with van der Waals surface area (Å²) >= 11 is 0. The van der Waals surface area contributed by atoms with Gasteiger partial charge in [0.15, 0.2) is 5.54 Å². The molecular weight excluding hydrogens is 479 g/mol. The van der Waals surface area contributed by atoms with Crippen molar-refractivity contribution in [2.24, 2.45) is 5.10 Å². The van der Waals surface area contributed by atoms with Gasteiger partial charge in [0.2, 0.25) is 0 Å². The van der Waals surface area contributed by atoms with Gasteiger partial charge in [0.25, 0.3) is 5.91 Å². The van der Waals surface area contributed by atoms with Crippen LogP contribution in [0.1, 0.15) is 29.7 Å². The van der Waals surface area contributed by atoms with E-state index in [0.717, 1.165) is 36.4 Å². The fourth-order valence-electron chi connectivity index (χ4n) is 5.37. The molecule has 11 heteroatoms. The summed E-state index contributed by atoms with van der Waals surface area (Å²) in [6.45, 7) is 2.00. The predicted molar refractivity (Wildman–Crippen MR) is 121 cm³/mol. The number of carbonyl (C=O) groups excluding carboxylic acids is 3. The molecule has 0 radical (unpaired) electrons. The van der Waals surface area contributed by atoms with Crippen LogP contribution in [0, 0.1) is 0 Å². The third-order valence-electron chi connectivity index (χ3n) is 6.78. The third-order valence-corrected chi connectivity index (χ3v) is 6.78. The van der Waals surface area contributed by atoms with Crippen molar-refractivity contribution < 1.29 is 37.0 Å². The number of halogens is 3. The first kappa shape index (κ1) is 23.7. The maximum Gasteiger partial charge on any atom is 0.416 e. The van der Waals surface area contributed by atoms with Crippen molar-refractivity contribution in [2.45, 2.75) is 24.7 Å². The number of benzene rings is 2. The number of hydrogen-bond donors (Lipinski definition) is 0. The summed E-state index contributed by atoms with van der Waals surface area (Å²) in [6.07, 6.45) is -4.56. The Labute approximate surface area is 203 Å². The molecule has 2 aromatic rings. The van der Waals surface area contributed by atoms with E-state index in [4.69, 9.17) is 9.47 Å². The number of rotatable bonds is 4. The highest BCUT2D eigenvalue weighted by atomic mass is 19.4. The quantitative estimate of drug-likeness (QED) is 0.601. The predicted octanol–water partition coefficient (Wildman–Crippen LogP) is 3.23. The van der Waals surface area contributed by atoms with Crippen molar-refractivity contribution in [3.05, 3.63) is 76.4 Å². The highest BCUT2D eigenvalue weighted by Gasteiger charge is 2.70. The highest BCUT2D eigenvalue weighted by molar-refractivity contribution is 6.36. The molecule has 0 saturated carbocycles. The highest BCUT2D eigenvalue weighted by Crippen LogP contribution is 2.56. The number of methoxy groups -OCH3 is 2. The first-order valence-electron chi connectivity index (χ1n) is 11.0. The van der Waals surface area contributed by atoms with E-state index in [1.807, 2.05) is 0 Å².